The standard InChI is InChI=1S/C24H23ClN2O6S/c1-3-33-24(29)17-9-14-22(21(25)15-17)26-23(28)16-27(18-10-12-19(32-2)13-11-18)34(30,31)20-7-5-4-6-8-20/h4-15H,3,16H2,1-2H3,(H,26,28). The lowest BCUT2D eigenvalue weighted by Crippen LogP contribution is -2.38. The van der Waals surface area contributed by atoms with Crippen LogP contribution in [0.2, 0.25) is 5.02 Å². The third-order valence-corrected chi connectivity index (χ3v) is 6.83. The highest BCUT2D eigenvalue weighted by Crippen LogP contribution is 2.27. The van der Waals surface area contributed by atoms with E-state index in [9.17, 15) is 18.0 Å². The lowest BCUT2D eigenvalue weighted by Gasteiger charge is -2.24. The van der Waals surface area contributed by atoms with Gasteiger partial charge < -0.3 is 14.8 Å². The van der Waals surface area contributed by atoms with Crippen molar-refractivity contribution in [1.82, 2.24) is 0 Å². The predicted molar refractivity (Wildman–Crippen MR) is 130 cm³/mol. The molecular formula is C24H23ClN2O6S. The number of methoxy groups -OCH3 is 1. The highest BCUT2D eigenvalue weighted by atomic mass is 35.5. The number of anilines is 2. The van der Waals surface area contributed by atoms with Crippen molar-refractivity contribution in [3.63, 3.8) is 0 Å². The minimum absolute atomic E-state index is 0.0374. The summed E-state index contributed by atoms with van der Waals surface area (Å²) in [5.41, 5.74) is 0.742. The number of halogens is 1. The monoisotopic (exact) mass is 502 g/mol. The van der Waals surface area contributed by atoms with Crippen molar-refractivity contribution >= 4 is 44.9 Å². The van der Waals surface area contributed by atoms with Gasteiger partial charge in [0, 0.05) is 0 Å². The minimum Gasteiger partial charge on any atom is -0.497 e. The van der Waals surface area contributed by atoms with Crippen LogP contribution in [0.1, 0.15) is 17.3 Å². The number of rotatable bonds is 9. The van der Waals surface area contributed by atoms with Crippen LogP contribution in [0.15, 0.2) is 77.7 Å². The number of nitrogens with zero attached hydrogens (tertiary/aromatic N) is 1. The maximum Gasteiger partial charge on any atom is 0.338 e. The smallest absolute Gasteiger partial charge is 0.338 e. The molecule has 3 aromatic rings. The van der Waals surface area contributed by atoms with Crippen molar-refractivity contribution in [3.05, 3.63) is 83.4 Å². The van der Waals surface area contributed by atoms with Crippen molar-refractivity contribution in [1.29, 1.82) is 0 Å². The Balaban J connectivity index is 1.88. The van der Waals surface area contributed by atoms with Gasteiger partial charge in [-0.1, -0.05) is 29.8 Å². The molecule has 10 heteroatoms. The van der Waals surface area contributed by atoms with Gasteiger partial charge in [-0.25, -0.2) is 13.2 Å². The van der Waals surface area contributed by atoms with E-state index in [1.807, 2.05) is 0 Å². The molecule has 0 saturated carbocycles. The molecule has 8 nitrogen and oxygen atoms in total. The van der Waals surface area contributed by atoms with E-state index >= 15 is 0 Å². The number of ether oxygens (including phenoxy) is 2. The Labute approximate surface area is 203 Å². The van der Waals surface area contributed by atoms with E-state index in [2.05, 4.69) is 5.32 Å². The number of esters is 1. The number of amides is 1. The first-order valence-electron chi connectivity index (χ1n) is 10.2. The SMILES string of the molecule is CCOC(=O)c1ccc(NC(=O)CN(c2ccc(OC)cc2)S(=O)(=O)c2ccccc2)c(Cl)c1. The molecule has 3 aromatic carbocycles. The van der Waals surface area contributed by atoms with Crippen LogP contribution in [0.5, 0.6) is 5.75 Å². The van der Waals surface area contributed by atoms with Crippen LogP contribution >= 0.6 is 11.6 Å². The van der Waals surface area contributed by atoms with Gasteiger partial charge in [0.1, 0.15) is 12.3 Å². The van der Waals surface area contributed by atoms with Gasteiger partial charge in [0.15, 0.2) is 0 Å². The van der Waals surface area contributed by atoms with Crippen LogP contribution in [0.4, 0.5) is 11.4 Å². The molecule has 34 heavy (non-hydrogen) atoms. The number of hydrogen-bond donors (Lipinski definition) is 1. The molecule has 178 valence electrons. The molecule has 0 saturated heterocycles. The van der Waals surface area contributed by atoms with Crippen LogP contribution in [0, 0.1) is 0 Å². The van der Waals surface area contributed by atoms with Gasteiger partial charge in [0.2, 0.25) is 5.91 Å². The zero-order valence-corrected chi connectivity index (χ0v) is 20.1. The highest BCUT2D eigenvalue weighted by Gasteiger charge is 2.27. The molecule has 0 radical (unpaired) electrons. The van der Waals surface area contributed by atoms with Gasteiger partial charge in [-0.3, -0.25) is 9.10 Å². The van der Waals surface area contributed by atoms with Crippen LogP contribution in [0.25, 0.3) is 0 Å². The summed E-state index contributed by atoms with van der Waals surface area (Å²) in [5, 5.41) is 2.71. The average Bonchev–Trinajstić information content (AvgIpc) is 2.84. The fourth-order valence-electron chi connectivity index (χ4n) is 3.06. The van der Waals surface area contributed by atoms with Crippen molar-refractivity contribution in [2.45, 2.75) is 11.8 Å². The number of nitrogens with one attached hydrogen (secondary N) is 1. The molecule has 0 aliphatic carbocycles. The number of benzene rings is 3. The van der Waals surface area contributed by atoms with Gasteiger partial charge in [-0.15, -0.1) is 0 Å². The molecule has 0 unspecified atom stereocenters. The first-order valence-corrected chi connectivity index (χ1v) is 12.1. The molecule has 0 spiro atoms. The Morgan fingerprint density at radius 2 is 1.68 bits per heavy atom. The Hall–Kier alpha value is -3.56. The molecule has 1 amide bonds. The molecule has 0 fully saturated rings. The van der Waals surface area contributed by atoms with Gasteiger partial charge in [0.05, 0.1) is 40.6 Å². The zero-order chi connectivity index (χ0) is 24.7. The van der Waals surface area contributed by atoms with Crippen LogP contribution in [0.3, 0.4) is 0 Å². The fraction of sp³-hybridized carbons (Fsp3) is 0.167. The number of sulfonamides is 1. The lowest BCUT2D eigenvalue weighted by molar-refractivity contribution is -0.114. The second kappa shape index (κ2) is 11.0. The van der Waals surface area contributed by atoms with E-state index in [-0.39, 0.29) is 33.5 Å². The zero-order valence-electron chi connectivity index (χ0n) is 18.5. The second-order valence-electron chi connectivity index (χ2n) is 6.99. The molecule has 0 atom stereocenters. The van der Waals surface area contributed by atoms with Crippen molar-refractivity contribution in [2.24, 2.45) is 0 Å². The summed E-state index contributed by atoms with van der Waals surface area (Å²) in [6.07, 6.45) is 0. The summed E-state index contributed by atoms with van der Waals surface area (Å²) in [4.78, 5) is 24.8. The molecule has 0 aliphatic rings. The maximum absolute atomic E-state index is 13.4. The normalized spacial score (nSPS) is 10.9. The first kappa shape index (κ1) is 25.1. The van der Waals surface area contributed by atoms with E-state index in [0.29, 0.717) is 5.75 Å². The van der Waals surface area contributed by atoms with E-state index in [1.165, 1.54) is 37.4 Å². The Kier molecular flexibility index (Phi) is 8.14. The van der Waals surface area contributed by atoms with E-state index < -0.39 is 28.4 Å². The number of carbonyl (C=O) groups excluding carboxylic acids is 2. The Morgan fingerprint density at radius 1 is 1.00 bits per heavy atom. The molecule has 0 bridgehead atoms. The van der Waals surface area contributed by atoms with Gasteiger partial charge in [0.25, 0.3) is 10.0 Å². The Morgan fingerprint density at radius 3 is 2.26 bits per heavy atom. The molecular weight excluding hydrogens is 480 g/mol. The fourth-order valence-corrected chi connectivity index (χ4v) is 4.73. The first-order chi connectivity index (χ1) is 16.3. The largest absolute Gasteiger partial charge is 0.497 e. The quantitative estimate of drug-likeness (QED) is 0.436. The number of hydrogen-bond acceptors (Lipinski definition) is 6. The molecule has 0 heterocycles. The van der Waals surface area contributed by atoms with Crippen LogP contribution < -0.4 is 14.4 Å². The highest BCUT2D eigenvalue weighted by molar-refractivity contribution is 7.92. The molecule has 0 aliphatic heterocycles. The summed E-state index contributed by atoms with van der Waals surface area (Å²) in [5.74, 6) is -0.623. The summed E-state index contributed by atoms with van der Waals surface area (Å²) in [6, 6.07) is 18.4. The number of carbonyl (C=O) groups is 2. The van der Waals surface area contributed by atoms with E-state index in [4.69, 9.17) is 21.1 Å². The third kappa shape index (κ3) is 5.86. The maximum atomic E-state index is 13.4. The summed E-state index contributed by atoms with van der Waals surface area (Å²) >= 11 is 6.22. The van der Waals surface area contributed by atoms with Crippen LogP contribution in [-0.4, -0.2) is 40.6 Å². The van der Waals surface area contributed by atoms with Gasteiger partial charge >= 0.3 is 5.97 Å². The topological polar surface area (TPSA) is 102 Å². The van der Waals surface area contributed by atoms with Gasteiger partial charge in [-0.2, -0.15) is 0 Å². The Bertz CT molecular complexity index is 1260. The van der Waals surface area contributed by atoms with E-state index in [1.54, 1.807) is 49.4 Å². The second-order valence-corrected chi connectivity index (χ2v) is 9.26. The predicted octanol–water partition coefficient (Wildman–Crippen LogP) is 4.36. The van der Waals surface area contributed by atoms with E-state index in [0.717, 1.165) is 4.31 Å². The van der Waals surface area contributed by atoms with Crippen molar-refractivity contribution in [3.8, 4) is 5.75 Å². The van der Waals surface area contributed by atoms with Gasteiger partial charge in [-0.05, 0) is 61.5 Å². The molecule has 1 N–H and O–H groups in total. The van der Waals surface area contributed by atoms with Crippen molar-refractivity contribution < 1.29 is 27.5 Å². The summed E-state index contributed by atoms with van der Waals surface area (Å²) in [7, 11) is -2.56. The van der Waals surface area contributed by atoms with Crippen molar-refractivity contribution in [2.75, 3.05) is 29.9 Å². The lowest BCUT2D eigenvalue weighted by atomic mass is 10.2. The third-order valence-electron chi connectivity index (χ3n) is 4.73. The summed E-state index contributed by atoms with van der Waals surface area (Å²) in [6.45, 7) is 1.39. The van der Waals surface area contributed by atoms with Crippen LogP contribution in [-0.2, 0) is 19.6 Å². The molecule has 0 aromatic heterocycles. The average molecular weight is 503 g/mol. The molecule has 3 rings (SSSR count). The minimum atomic E-state index is -4.06. The summed E-state index contributed by atoms with van der Waals surface area (Å²) < 4.78 is 37.8.